The van der Waals surface area contributed by atoms with Gasteiger partial charge in [-0.15, -0.1) is 0 Å². The third-order valence-electron chi connectivity index (χ3n) is 6.15. The number of hydrogen-bond donors (Lipinski definition) is 1. The highest BCUT2D eigenvalue weighted by atomic mass is 32.2. The zero-order valence-electron chi connectivity index (χ0n) is 19.3. The second kappa shape index (κ2) is 10.3. The third kappa shape index (κ3) is 4.88. The van der Waals surface area contributed by atoms with E-state index < -0.39 is 6.04 Å². The largest absolute Gasteiger partial charge is 0.355 e. The molecule has 0 spiro atoms. The standard InChI is InChI=1S/C26H30N4O2S/c1-4-17(3)22-25(32)30-23(29-22)19-13-9-10-14-20(19)28-26(30)33-21(5-2)24(31)27-16-15-18-11-7-6-8-12-18/h6-14,17,21-22H,4-5,15-16H2,1-3H3,(H,27,31)/t17-,21+,22+/m1/s1. The summed E-state index contributed by atoms with van der Waals surface area (Å²) in [5.41, 5.74) is 2.83. The Bertz CT molecular complexity index is 1080. The lowest BCUT2D eigenvalue weighted by Gasteiger charge is -2.27. The van der Waals surface area contributed by atoms with Crippen LogP contribution in [0.2, 0.25) is 0 Å². The van der Waals surface area contributed by atoms with Gasteiger partial charge in [-0.3, -0.25) is 14.6 Å². The number of thioether (sulfide) groups is 1. The van der Waals surface area contributed by atoms with E-state index in [2.05, 4.69) is 31.3 Å². The first-order chi connectivity index (χ1) is 16.0. The van der Waals surface area contributed by atoms with E-state index in [9.17, 15) is 9.59 Å². The molecule has 0 aliphatic carbocycles. The molecule has 2 heterocycles. The highest BCUT2D eigenvalue weighted by Crippen LogP contribution is 2.36. The molecule has 2 aliphatic rings. The molecule has 0 saturated heterocycles. The van der Waals surface area contributed by atoms with Gasteiger partial charge in [0.25, 0.3) is 5.91 Å². The molecule has 7 heteroatoms. The summed E-state index contributed by atoms with van der Waals surface area (Å²) >= 11 is 1.35. The first-order valence-corrected chi connectivity index (χ1v) is 12.5. The molecular weight excluding hydrogens is 432 g/mol. The lowest BCUT2D eigenvalue weighted by Crippen LogP contribution is -2.44. The van der Waals surface area contributed by atoms with Gasteiger partial charge < -0.3 is 5.32 Å². The molecule has 0 aromatic heterocycles. The SMILES string of the molecule is CC[C@H](SC1=Nc2ccccc2C2=N[C@@H]([C@H](C)CC)C(=O)N12)C(=O)NCCc1ccccc1. The van der Waals surface area contributed by atoms with Gasteiger partial charge in [0.1, 0.15) is 11.9 Å². The minimum atomic E-state index is -0.415. The molecule has 1 N–H and O–H groups in total. The lowest BCUT2D eigenvalue weighted by molar-refractivity contribution is -0.125. The van der Waals surface area contributed by atoms with Gasteiger partial charge >= 0.3 is 0 Å². The Morgan fingerprint density at radius 3 is 2.55 bits per heavy atom. The minimum absolute atomic E-state index is 0.0383. The number of carbonyl (C=O) groups is 2. The predicted octanol–water partition coefficient (Wildman–Crippen LogP) is 4.56. The Hall–Kier alpha value is -2.93. The predicted molar refractivity (Wildman–Crippen MR) is 135 cm³/mol. The summed E-state index contributed by atoms with van der Waals surface area (Å²) in [4.78, 5) is 37.5. The van der Waals surface area contributed by atoms with Crippen molar-refractivity contribution in [3.05, 3.63) is 65.7 Å². The van der Waals surface area contributed by atoms with Gasteiger partial charge in [0.2, 0.25) is 5.91 Å². The number of fused-ring (bicyclic) bond motifs is 3. The Kier molecular flexibility index (Phi) is 7.28. The van der Waals surface area contributed by atoms with E-state index in [-0.39, 0.29) is 23.0 Å². The van der Waals surface area contributed by atoms with Crippen molar-refractivity contribution in [1.82, 2.24) is 10.2 Å². The van der Waals surface area contributed by atoms with Gasteiger partial charge in [-0.1, -0.05) is 81.4 Å². The Labute approximate surface area is 199 Å². The summed E-state index contributed by atoms with van der Waals surface area (Å²) in [6.45, 7) is 6.67. The van der Waals surface area contributed by atoms with E-state index in [0.717, 1.165) is 24.1 Å². The van der Waals surface area contributed by atoms with Gasteiger partial charge in [-0.05, 0) is 36.5 Å². The Morgan fingerprint density at radius 1 is 1.09 bits per heavy atom. The number of benzene rings is 2. The van der Waals surface area contributed by atoms with Crippen LogP contribution in [0.25, 0.3) is 0 Å². The van der Waals surface area contributed by atoms with Gasteiger partial charge in [0.05, 0.1) is 10.9 Å². The molecule has 2 aromatic carbocycles. The monoisotopic (exact) mass is 462 g/mol. The van der Waals surface area contributed by atoms with Crippen LogP contribution in [0.4, 0.5) is 5.69 Å². The molecule has 0 saturated carbocycles. The summed E-state index contributed by atoms with van der Waals surface area (Å²) < 4.78 is 0. The van der Waals surface area contributed by atoms with Crippen LogP contribution in [-0.2, 0) is 16.0 Å². The topological polar surface area (TPSA) is 74.1 Å². The van der Waals surface area contributed by atoms with E-state index in [1.807, 2.05) is 49.4 Å². The van der Waals surface area contributed by atoms with Crippen molar-refractivity contribution < 1.29 is 9.59 Å². The van der Waals surface area contributed by atoms with E-state index in [1.165, 1.54) is 17.3 Å². The zero-order valence-corrected chi connectivity index (χ0v) is 20.1. The van der Waals surface area contributed by atoms with Crippen LogP contribution in [0, 0.1) is 5.92 Å². The smallest absolute Gasteiger partial charge is 0.259 e. The van der Waals surface area contributed by atoms with Crippen molar-refractivity contribution in [2.45, 2.75) is 51.3 Å². The van der Waals surface area contributed by atoms with Gasteiger partial charge in [-0.2, -0.15) is 0 Å². The maximum atomic E-state index is 13.3. The number of nitrogens with one attached hydrogen (secondary N) is 1. The first-order valence-electron chi connectivity index (χ1n) is 11.6. The second-order valence-corrected chi connectivity index (χ2v) is 9.58. The molecule has 4 rings (SSSR count). The highest BCUT2D eigenvalue weighted by molar-refractivity contribution is 8.15. The van der Waals surface area contributed by atoms with Gasteiger partial charge in [0.15, 0.2) is 5.17 Å². The van der Waals surface area contributed by atoms with Crippen LogP contribution in [-0.4, -0.2) is 45.6 Å². The molecule has 2 aromatic rings. The molecule has 3 atom stereocenters. The Balaban J connectivity index is 1.52. The summed E-state index contributed by atoms with van der Waals surface area (Å²) in [7, 11) is 0. The molecule has 33 heavy (non-hydrogen) atoms. The third-order valence-corrected chi connectivity index (χ3v) is 7.47. The average molecular weight is 463 g/mol. The van der Waals surface area contributed by atoms with Crippen LogP contribution in [0.1, 0.15) is 44.7 Å². The van der Waals surface area contributed by atoms with E-state index in [0.29, 0.717) is 24.0 Å². The van der Waals surface area contributed by atoms with Crippen molar-refractivity contribution in [2.24, 2.45) is 15.9 Å². The van der Waals surface area contributed by atoms with E-state index in [1.54, 1.807) is 4.90 Å². The molecule has 0 radical (unpaired) electrons. The maximum Gasteiger partial charge on any atom is 0.259 e. The number of para-hydroxylation sites is 1. The van der Waals surface area contributed by atoms with E-state index >= 15 is 0 Å². The molecular formula is C26H30N4O2S. The molecule has 6 nitrogen and oxygen atoms in total. The second-order valence-electron chi connectivity index (χ2n) is 8.41. The highest BCUT2D eigenvalue weighted by Gasteiger charge is 2.43. The van der Waals surface area contributed by atoms with Crippen molar-refractivity contribution in [3.8, 4) is 0 Å². The summed E-state index contributed by atoms with van der Waals surface area (Å²) in [5.74, 6) is 0.693. The molecule has 0 fully saturated rings. The van der Waals surface area contributed by atoms with Gasteiger partial charge in [0, 0.05) is 12.1 Å². The molecule has 0 bridgehead atoms. The molecule has 2 amide bonds. The molecule has 2 aliphatic heterocycles. The number of rotatable bonds is 8. The fourth-order valence-electron chi connectivity index (χ4n) is 3.98. The van der Waals surface area contributed by atoms with Crippen LogP contribution in [0.15, 0.2) is 64.6 Å². The van der Waals surface area contributed by atoms with Crippen LogP contribution in [0.5, 0.6) is 0 Å². The molecule has 0 unspecified atom stereocenters. The minimum Gasteiger partial charge on any atom is -0.355 e. The van der Waals surface area contributed by atoms with Crippen LogP contribution >= 0.6 is 11.8 Å². The number of aliphatic imine (C=N–C) groups is 2. The number of hydrogen-bond acceptors (Lipinski definition) is 5. The van der Waals surface area contributed by atoms with Crippen LogP contribution < -0.4 is 5.32 Å². The van der Waals surface area contributed by atoms with Crippen LogP contribution in [0.3, 0.4) is 0 Å². The number of amides is 2. The number of carbonyl (C=O) groups excluding carboxylic acids is 2. The maximum absolute atomic E-state index is 13.3. The quantitative estimate of drug-likeness (QED) is 0.625. The van der Waals surface area contributed by atoms with Crippen molar-refractivity contribution in [1.29, 1.82) is 0 Å². The van der Waals surface area contributed by atoms with Crippen molar-refractivity contribution in [2.75, 3.05) is 6.54 Å². The lowest BCUT2D eigenvalue weighted by atomic mass is 10.00. The van der Waals surface area contributed by atoms with Gasteiger partial charge in [-0.25, -0.2) is 9.89 Å². The Morgan fingerprint density at radius 2 is 1.82 bits per heavy atom. The molecule has 172 valence electrons. The van der Waals surface area contributed by atoms with Crippen molar-refractivity contribution in [3.63, 3.8) is 0 Å². The summed E-state index contributed by atoms with van der Waals surface area (Å²) in [6.07, 6.45) is 2.27. The first kappa shape index (κ1) is 23.2. The number of amidine groups is 2. The number of nitrogens with zero attached hydrogens (tertiary/aromatic N) is 3. The van der Waals surface area contributed by atoms with Crippen molar-refractivity contribution >= 4 is 40.3 Å². The van der Waals surface area contributed by atoms with E-state index in [4.69, 9.17) is 9.98 Å². The fourth-order valence-corrected chi connectivity index (χ4v) is 5.02. The average Bonchev–Trinajstić information content (AvgIpc) is 3.20. The summed E-state index contributed by atoms with van der Waals surface area (Å²) in [5, 5.41) is 3.24. The zero-order chi connectivity index (χ0) is 23.4. The normalized spacial score (nSPS) is 18.7. The summed E-state index contributed by atoms with van der Waals surface area (Å²) in [6, 6.07) is 17.4. The fraction of sp³-hybridized carbons (Fsp3) is 0.385.